The van der Waals surface area contributed by atoms with Crippen LogP contribution in [0.5, 0.6) is 0 Å². The Bertz CT molecular complexity index is 1100. The van der Waals surface area contributed by atoms with Crippen LogP contribution in [0.15, 0.2) is 61.8 Å². The molecule has 0 bridgehead atoms. The Hall–Kier alpha value is -2.87. The molecule has 0 radical (unpaired) electrons. The molecule has 8 heteroatoms. The van der Waals surface area contributed by atoms with Gasteiger partial charge in [0.05, 0.1) is 18.1 Å². The third kappa shape index (κ3) is 5.21. The van der Waals surface area contributed by atoms with Crippen molar-refractivity contribution < 1.29 is 13.6 Å². The Balaban J connectivity index is 1.24. The van der Waals surface area contributed by atoms with Crippen LogP contribution in [0.2, 0.25) is 0 Å². The van der Waals surface area contributed by atoms with Gasteiger partial charge in [0.25, 0.3) is 11.1 Å². The van der Waals surface area contributed by atoms with Gasteiger partial charge in [0, 0.05) is 12.8 Å². The lowest BCUT2D eigenvalue weighted by Gasteiger charge is -2.21. The summed E-state index contributed by atoms with van der Waals surface area (Å²) in [6, 6.07) is 11.8. The zero-order chi connectivity index (χ0) is 22.6. The SMILES string of the molecule is Cc1ccc(C2CC(c3ccco3)=NN2C(=O)CSc2nnc(CCC3CCCC3)o2)cc1. The van der Waals surface area contributed by atoms with Gasteiger partial charge in [-0.15, -0.1) is 10.2 Å². The van der Waals surface area contributed by atoms with Crippen molar-refractivity contribution in [3.8, 4) is 0 Å². The van der Waals surface area contributed by atoms with Gasteiger partial charge in [-0.2, -0.15) is 5.10 Å². The highest BCUT2D eigenvalue weighted by Crippen LogP contribution is 2.34. The molecular formula is C25H28N4O3S. The van der Waals surface area contributed by atoms with E-state index in [0.29, 0.717) is 23.3 Å². The summed E-state index contributed by atoms with van der Waals surface area (Å²) in [4.78, 5) is 13.2. The van der Waals surface area contributed by atoms with Crippen molar-refractivity contribution in [1.82, 2.24) is 15.2 Å². The summed E-state index contributed by atoms with van der Waals surface area (Å²) in [7, 11) is 0. The average Bonchev–Trinajstić information content (AvgIpc) is 3.62. The zero-order valence-electron chi connectivity index (χ0n) is 18.8. The molecule has 172 valence electrons. The number of thioether (sulfide) groups is 1. The third-order valence-corrected chi connectivity index (χ3v) is 7.25. The molecule has 1 aliphatic carbocycles. The summed E-state index contributed by atoms with van der Waals surface area (Å²) in [6.45, 7) is 2.05. The van der Waals surface area contributed by atoms with Crippen molar-refractivity contribution in [1.29, 1.82) is 0 Å². The van der Waals surface area contributed by atoms with Crippen LogP contribution in [0.3, 0.4) is 0 Å². The topological polar surface area (TPSA) is 84.7 Å². The summed E-state index contributed by atoms with van der Waals surface area (Å²) < 4.78 is 11.3. The van der Waals surface area contributed by atoms with Crippen molar-refractivity contribution in [2.24, 2.45) is 11.0 Å². The maximum atomic E-state index is 13.2. The lowest BCUT2D eigenvalue weighted by atomic mass is 10.00. The molecule has 3 aromatic rings. The van der Waals surface area contributed by atoms with Gasteiger partial charge < -0.3 is 8.83 Å². The molecule has 1 amide bonds. The van der Waals surface area contributed by atoms with Crippen LogP contribution in [0, 0.1) is 12.8 Å². The average molecular weight is 465 g/mol. The summed E-state index contributed by atoms with van der Waals surface area (Å²) in [5, 5.41) is 14.9. The number of amides is 1. The highest BCUT2D eigenvalue weighted by molar-refractivity contribution is 7.99. The number of aryl methyl sites for hydroxylation is 2. The number of nitrogens with zero attached hydrogens (tertiary/aromatic N) is 4. The van der Waals surface area contributed by atoms with E-state index in [0.717, 1.165) is 30.0 Å². The van der Waals surface area contributed by atoms with Crippen LogP contribution in [0.25, 0.3) is 0 Å². The highest BCUT2D eigenvalue weighted by atomic mass is 32.2. The maximum absolute atomic E-state index is 13.2. The van der Waals surface area contributed by atoms with Gasteiger partial charge in [-0.3, -0.25) is 4.79 Å². The first-order valence-electron chi connectivity index (χ1n) is 11.6. The molecule has 3 heterocycles. The van der Waals surface area contributed by atoms with Crippen molar-refractivity contribution in [2.75, 3.05) is 5.75 Å². The summed E-state index contributed by atoms with van der Waals surface area (Å²) in [5.74, 6) is 2.22. The number of rotatable bonds is 8. The Morgan fingerprint density at radius 2 is 1.97 bits per heavy atom. The van der Waals surface area contributed by atoms with Crippen molar-refractivity contribution in [3.05, 3.63) is 65.4 Å². The molecule has 7 nitrogen and oxygen atoms in total. The molecule has 1 aliphatic heterocycles. The fourth-order valence-electron chi connectivity index (χ4n) is 4.59. The Kier molecular flexibility index (Phi) is 6.62. The van der Waals surface area contributed by atoms with E-state index < -0.39 is 0 Å². The predicted molar refractivity (Wildman–Crippen MR) is 126 cm³/mol. The van der Waals surface area contributed by atoms with Crippen LogP contribution in [0.1, 0.15) is 67.3 Å². The standard InChI is InChI=1S/C25H28N4O3S/c1-17-8-11-19(12-9-17)21-15-20(22-7-4-14-31-22)28-29(21)24(30)16-33-25-27-26-23(32-25)13-10-18-5-2-3-6-18/h4,7-9,11-12,14,18,21H,2-3,5-6,10,13,15-16H2,1H3. The number of hydrazone groups is 1. The molecule has 1 fully saturated rings. The number of aromatic nitrogens is 2. The van der Waals surface area contributed by atoms with E-state index in [4.69, 9.17) is 8.83 Å². The van der Waals surface area contributed by atoms with Crippen molar-refractivity contribution >= 4 is 23.4 Å². The van der Waals surface area contributed by atoms with Gasteiger partial charge in [0.2, 0.25) is 5.89 Å². The summed E-state index contributed by atoms with van der Waals surface area (Å²) in [6.07, 6.45) is 9.43. The molecule has 0 N–H and O–H groups in total. The first-order valence-corrected chi connectivity index (χ1v) is 12.6. The zero-order valence-corrected chi connectivity index (χ0v) is 19.6. The van der Waals surface area contributed by atoms with Gasteiger partial charge in [-0.25, -0.2) is 5.01 Å². The second-order valence-corrected chi connectivity index (χ2v) is 9.76. The number of benzene rings is 1. The van der Waals surface area contributed by atoms with Crippen LogP contribution >= 0.6 is 11.8 Å². The minimum atomic E-state index is -0.163. The minimum absolute atomic E-state index is 0.0992. The molecule has 0 saturated heterocycles. The highest BCUT2D eigenvalue weighted by Gasteiger charge is 2.34. The van der Waals surface area contributed by atoms with Crippen LogP contribution in [0.4, 0.5) is 0 Å². The normalized spacial score (nSPS) is 18.8. The van der Waals surface area contributed by atoms with Gasteiger partial charge in [0.1, 0.15) is 11.5 Å². The van der Waals surface area contributed by atoms with Crippen molar-refractivity contribution in [3.63, 3.8) is 0 Å². The molecule has 2 aromatic heterocycles. The van der Waals surface area contributed by atoms with E-state index >= 15 is 0 Å². The largest absolute Gasteiger partial charge is 0.463 e. The fourth-order valence-corrected chi connectivity index (χ4v) is 5.23. The predicted octanol–water partition coefficient (Wildman–Crippen LogP) is 5.56. The van der Waals surface area contributed by atoms with Gasteiger partial charge in [0.15, 0.2) is 0 Å². The first-order chi connectivity index (χ1) is 16.2. The minimum Gasteiger partial charge on any atom is -0.463 e. The second kappa shape index (κ2) is 9.95. The number of carbonyl (C=O) groups is 1. The molecule has 5 rings (SSSR count). The van der Waals surface area contributed by atoms with Gasteiger partial charge >= 0.3 is 0 Å². The van der Waals surface area contributed by atoms with Crippen LogP contribution in [-0.2, 0) is 11.2 Å². The second-order valence-electron chi connectivity index (χ2n) is 8.83. The van der Waals surface area contributed by atoms with E-state index in [-0.39, 0.29) is 17.7 Å². The molecule has 1 unspecified atom stereocenters. The molecule has 1 aromatic carbocycles. The Morgan fingerprint density at radius 3 is 2.73 bits per heavy atom. The van der Waals surface area contributed by atoms with E-state index in [9.17, 15) is 4.79 Å². The Morgan fingerprint density at radius 1 is 1.15 bits per heavy atom. The number of hydrogen-bond acceptors (Lipinski definition) is 7. The molecular weight excluding hydrogens is 436 g/mol. The van der Waals surface area contributed by atoms with E-state index in [1.807, 2.05) is 12.1 Å². The first kappa shape index (κ1) is 21.9. The Labute approximate surface area is 197 Å². The number of furan rings is 1. The van der Waals surface area contributed by atoms with Crippen LogP contribution in [-0.4, -0.2) is 32.6 Å². The van der Waals surface area contributed by atoms with E-state index in [2.05, 4.69) is 46.5 Å². The van der Waals surface area contributed by atoms with E-state index in [1.54, 1.807) is 11.3 Å². The smallest absolute Gasteiger partial charge is 0.277 e. The quantitative estimate of drug-likeness (QED) is 0.406. The van der Waals surface area contributed by atoms with Crippen LogP contribution < -0.4 is 0 Å². The lowest BCUT2D eigenvalue weighted by Crippen LogP contribution is -2.28. The molecule has 1 atom stereocenters. The van der Waals surface area contributed by atoms with Crippen molar-refractivity contribution in [2.45, 2.75) is 63.1 Å². The number of hydrogen-bond donors (Lipinski definition) is 0. The molecule has 1 saturated carbocycles. The molecule has 0 spiro atoms. The van der Waals surface area contributed by atoms with Gasteiger partial charge in [-0.1, -0.05) is 67.3 Å². The number of carbonyl (C=O) groups excluding carboxylic acids is 1. The molecule has 2 aliphatic rings. The maximum Gasteiger partial charge on any atom is 0.277 e. The molecule has 33 heavy (non-hydrogen) atoms. The lowest BCUT2D eigenvalue weighted by molar-refractivity contribution is -0.130. The fraction of sp³-hybridized carbons (Fsp3) is 0.440. The summed E-state index contributed by atoms with van der Waals surface area (Å²) in [5.41, 5.74) is 3.00. The third-order valence-electron chi connectivity index (χ3n) is 6.44. The van der Waals surface area contributed by atoms with E-state index in [1.165, 1.54) is 43.0 Å². The van der Waals surface area contributed by atoms with Gasteiger partial charge in [-0.05, 0) is 37.0 Å². The monoisotopic (exact) mass is 464 g/mol. The summed E-state index contributed by atoms with van der Waals surface area (Å²) >= 11 is 1.27.